The van der Waals surface area contributed by atoms with E-state index in [2.05, 4.69) is 5.32 Å². The molecule has 1 fully saturated rings. The Morgan fingerprint density at radius 3 is 2.86 bits per heavy atom. The van der Waals surface area contributed by atoms with Crippen LogP contribution in [-0.4, -0.2) is 17.2 Å². The molecule has 4 heteroatoms. The van der Waals surface area contributed by atoms with Crippen molar-refractivity contribution in [1.29, 1.82) is 0 Å². The quantitative estimate of drug-likeness (QED) is 0.801. The van der Waals surface area contributed by atoms with Crippen molar-refractivity contribution in [3.05, 3.63) is 20.2 Å². The molecular weight excluding hydrogens is 196 g/mol. The Labute approximate surface area is 87.8 Å². The van der Waals surface area contributed by atoms with E-state index in [9.17, 15) is 4.79 Å². The Balaban J connectivity index is 2.19. The number of aryl methyl sites for hydroxylation is 1. The van der Waals surface area contributed by atoms with Crippen LogP contribution in [0.4, 0.5) is 0 Å². The maximum atomic E-state index is 11.6. The van der Waals surface area contributed by atoms with E-state index in [0.29, 0.717) is 6.04 Å². The third kappa shape index (κ3) is 1.77. The molecule has 0 bridgehead atoms. The minimum atomic E-state index is 0.189. The van der Waals surface area contributed by atoms with Crippen LogP contribution in [0.3, 0.4) is 0 Å². The number of nitrogens with zero attached hydrogens (tertiary/aromatic N) is 1. The topological polar surface area (TPSA) is 34.0 Å². The van der Waals surface area contributed by atoms with Crippen molar-refractivity contribution in [2.75, 3.05) is 6.54 Å². The van der Waals surface area contributed by atoms with Gasteiger partial charge in [-0.1, -0.05) is 11.3 Å². The average molecular weight is 212 g/mol. The molecule has 1 atom stereocenters. The highest BCUT2D eigenvalue weighted by molar-refractivity contribution is 7.09. The number of hydrogen-bond donors (Lipinski definition) is 1. The lowest BCUT2D eigenvalue weighted by Crippen LogP contribution is -2.30. The van der Waals surface area contributed by atoms with E-state index in [4.69, 9.17) is 0 Å². The molecule has 14 heavy (non-hydrogen) atoms. The summed E-state index contributed by atoms with van der Waals surface area (Å²) < 4.78 is 1.91. The zero-order valence-electron chi connectivity index (χ0n) is 8.67. The van der Waals surface area contributed by atoms with Gasteiger partial charge < -0.3 is 9.88 Å². The van der Waals surface area contributed by atoms with Crippen molar-refractivity contribution in [2.24, 2.45) is 0 Å². The molecule has 3 nitrogen and oxygen atoms in total. The van der Waals surface area contributed by atoms with Crippen LogP contribution in [0.15, 0.2) is 4.79 Å². The molecule has 1 saturated heterocycles. The van der Waals surface area contributed by atoms with Crippen molar-refractivity contribution in [3.8, 4) is 0 Å². The molecule has 0 saturated carbocycles. The highest BCUT2D eigenvalue weighted by Crippen LogP contribution is 2.12. The molecule has 0 amide bonds. The molecule has 0 spiro atoms. The van der Waals surface area contributed by atoms with Gasteiger partial charge in [-0.3, -0.25) is 4.79 Å². The predicted octanol–water partition coefficient (Wildman–Crippen LogP) is 1.28. The van der Waals surface area contributed by atoms with Gasteiger partial charge in [0.1, 0.15) is 0 Å². The van der Waals surface area contributed by atoms with Gasteiger partial charge in [-0.25, -0.2) is 0 Å². The molecular formula is C10H16N2OS. The third-order valence-corrected chi connectivity index (χ3v) is 3.94. The largest absolute Gasteiger partial charge is 0.312 e. The van der Waals surface area contributed by atoms with Gasteiger partial charge in [0.15, 0.2) is 0 Å². The third-order valence-electron chi connectivity index (χ3n) is 2.94. The standard InChI is InChI=1S/C10H16N2OS/c1-7-8(2)14-10(13)12(7)6-9-4-3-5-11-9/h9,11H,3-6H2,1-2H3/t9-/m1/s1. The maximum absolute atomic E-state index is 11.6. The van der Waals surface area contributed by atoms with Crippen molar-refractivity contribution in [3.63, 3.8) is 0 Å². The molecule has 78 valence electrons. The second kappa shape index (κ2) is 3.87. The van der Waals surface area contributed by atoms with Crippen LogP contribution in [0.2, 0.25) is 0 Å². The first-order chi connectivity index (χ1) is 6.68. The summed E-state index contributed by atoms with van der Waals surface area (Å²) in [5, 5.41) is 3.41. The lowest BCUT2D eigenvalue weighted by molar-refractivity contribution is 0.498. The molecule has 1 aromatic rings. The minimum absolute atomic E-state index is 0.189. The summed E-state index contributed by atoms with van der Waals surface area (Å²) in [5.41, 5.74) is 1.13. The monoisotopic (exact) mass is 212 g/mol. The summed E-state index contributed by atoms with van der Waals surface area (Å²) in [6.45, 7) is 5.98. The van der Waals surface area contributed by atoms with Crippen LogP contribution in [0.1, 0.15) is 23.4 Å². The van der Waals surface area contributed by atoms with Crippen LogP contribution < -0.4 is 10.2 Å². The molecule has 0 aliphatic carbocycles. The summed E-state index contributed by atoms with van der Waals surface area (Å²) in [4.78, 5) is 12.9. The van der Waals surface area contributed by atoms with Crippen molar-refractivity contribution in [2.45, 2.75) is 39.3 Å². The van der Waals surface area contributed by atoms with E-state index in [1.807, 2.05) is 18.4 Å². The van der Waals surface area contributed by atoms with Gasteiger partial charge in [0, 0.05) is 23.2 Å². The molecule has 0 unspecified atom stereocenters. The Kier molecular flexibility index (Phi) is 2.74. The summed E-state index contributed by atoms with van der Waals surface area (Å²) in [6.07, 6.45) is 2.43. The molecule has 0 radical (unpaired) electrons. The predicted molar refractivity (Wildman–Crippen MR) is 59.1 cm³/mol. The molecule has 2 rings (SSSR count). The van der Waals surface area contributed by atoms with Crippen molar-refractivity contribution < 1.29 is 0 Å². The van der Waals surface area contributed by atoms with Gasteiger partial charge in [-0.15, -0.1) is 0 Å². The summed E-state index contributed by atoms with van der Waals surface area (Å²) in [5.74, 6) is 0. The van der Waals surface area contributed by atoms with Crippen LogP contribution in [-0.2, 0) is 6.54 Å². The lowest BCUT2D eigenvalue weighted by Gasteiger charge is -2.11. The Hall–Kier alpha value is -0.610. The first-order valence-electron chi connectivity index (χ1n) is 5.08. The van der Waals surface area contributed by atoms with Crippen molar-refractivity contribution >= 4 is 11.3 Å². The number of nitrogens with one attached hydrogen (secondary N) is 1. The van der Waals surface area contributed by atoms with E-state index >= 15 is 0 Å². The number of aromatic nitrogens is 1. The Bertz CT molecular complexity index is 374. The smallest absolute Gasteiger partial charge is 0.307 e. The summed E-state index contributed by atoms with van der Waals surface area (Å²) in [7, 11) is 0. The average Bonchev–Trinajstić information content (AvgIpc) is 2.71. The van der Waals surface area contributed by atoms with Crippen molar-refractivity contribution in [1.82, 2.24) is 9.88 Å². The van der Waals surface area contributed by atoms with Crippen LogP contribution in [0, 0.1) is 13.8 Å². The molecule has 1 N–H and O–H groups in total. The summed E-state index contributed by atoms with van der Waals surface area (Å²) in [6, 6.07) is 0.500. The zero-order chi connectivity index (χ0) is 10.1. The molecule has 0 aromatic carbocycles. The Morgan fingerprint density at radius 2 is 2.36 bits per heavy atom. The summed E-state index contributed by atoms with van der Waals surface area (Å²) >= 11 is 1.36. The Morgan fingerprint density at radius 1 is 1.57 bits per heavy atom. The second-order valence-electron chi connectivity index (χ2n) is 3.91. The second-order valence-corrected chi connectivity index (χ2v) is 5.08. The van der Waals surface area contributed by atoms with E-state index < -0.39 is 0 Å². The number of hydrogen-bond acceptors (Lipinski definition) is 3. The molecule has 1 aliphatic rings. The van der Waals surface area contributed by atoms with E-state index in [-0.39, 0.29) is 4.87 Å². The van der Waals surface area contributed by atoms with Gasteiger partial charge >= 0.3 is 4.87 Å². The highest BCUT2D eigenvalue weighted by Gasteiger charge is 2.17. The van der Waals surface area contributed by atoms with E-state index in [0.717, 1.165) is 23.7 Å². The molecule has 1 aliphatic heterocycles. The van der Waals surface area contributed by atoms with E-state index in [1.54, 1.807) is 0 Å². The van der Waals surface area contributed by atoms with Gasteiger partial charge in [-0.05, 0) is 33.2 Å². The number of thiazole rings is 1. The normalized spacial score (nSPS) is 21.7. The van der Waals surface area contributed by atoms with Crippen LogP contribution in [0.5, 0.6) is 0 Å². The van der Waals surface area contributed by atoms with Gasteiger partial charge in [0.2, 0.25) is 0 Å². The first-order valence-corrected chi connectivity index (χ1v) is 5.90. The van der Waals surface area contributed by atoms with Crippen LogP contribution in [0.25, 0.3) is 0 Å². The van der Waals surface area contributed by atoms with Gasteiger partial charge in [0.05, 0.1) is 0 Å². The molecule has 1 aromatic heterocycles. The zero-order valence-corrected chi connectivity index (χ0v) is 9.49. The number of rotatable bonds is 2. The fraction of sp³-hybridized carbons (Fsp3) is 0.700. The van der Waals surface area contributed by atoms with Crippen LogP contribution >= 0.6 is 11.3 Å². The highest BCUT2D eigenvalue weighted by atomic mass is 32.1. The SMILES string of the molecule is Cc1sc(=O)n(C[C@H]2CCCN2)c1C. The minimum Gasteiger partial charge on any atom is -0.312 e. The maximum Gasteiger partial charge on any atom is 0.307 e. The van der Waals surface area contributed by atoms with E-state index in [1.165, 1.54) is 24.2 Å². The molecule has 2 heterocycles. The van der Waals surface area contributed by atoms with Gasteiger partial charge in [0.25, 0.3) is 0 Å². The fourth-order valence-electron chi connectivity index (χ4n) is 1.93. The lowest BCUT2D eigenvalue weighted by atomic mass is 10.2. The van der Waals surface area contributed by atoms with Gasteiger partial charge in [-0.2, -0.15) is 0 Å². The fourth-order valence-corrected chi connectivity index (χ4v) is 2.77. The first kappa shape index (κ1) is 9.93.